The molecule has 0 saturated carbocycles. The number of hydrogen-bond acceptors (Lipinski definition) is 4. The molecule has 3 rings (SSSR count). The maximum absolute atomic E-state index is 13.0. The molecule has 0 amide bonds. The second-order valence-electron chi connectivity index (χ2n) is 7.23. The highest BCUT2D eigenvalue weighted by Gasteiger charge is 2.27. The Morgan fingerprint density at radius 1 is 0.923 bits per heavy atom. The molecular weight excluding hydrogens is 380 g/mol. The van der Waals surface area contributed by atoms with Crippen LogP contribution in [0, 0.1) is 0 Å². The third kappa shape index (κ3) is 3.69. The number of sulfone groups is 1. The third-order valence-corrected chi connectivity index (χ3v) is 9.07. The largest absolute Gasteiger partial charge is 0.383 e. The summed E-state index contributed by atoms with van der Waals surface area (Å²) in [5, 5.41) is 13.9. The van der Waals surface area contributed by atoms with E-state index < -0.39 is 24.0 Å². The zero-order chi connectivity index (χ0) is 18.9. The zero-order valence-electron chi connectivity index (χ0n) is 15.0. The Kier molecular flexibility index (Phi) is 5.21. The van der Waals surface area contributed by atoms with Crippen molar-refractivity contribution < 1.29 is 13.5 Å². The van der Waals surface area contributed by atoms with Gasteiger partial charge in [0.05, 0.1) is 17.9 Å². The topological polar surface area (TPSA) is 54.4 Å². The van der Waals surface area contributed by atoms with Crippen LogP contribution in [0.4, 0.5) is 0 Å². The van der Waals surface area contributed by atoms with Gasteiger partial charge in [-0.25, -0.2) is 8.42 Å². The van der Waals surface area contributed by atoms with E-state index in [4.69, 9.17) is 0 Å². The predicted molar refractivity (Wildman–Crippen MR) is 110 cm³/mol. The summed E-state index contributed by atoms with van der Waals surface area (Å²) in [4.78, 5) is 1.30. The quantitative estimate of drug-likeness (QED) is 0.651. The second-order valence-corrected chi connectivity index (χ2v) is 15.2. The minimum atomic E-state index is -3.62. The first kappa shape index (κ1) is 19.0. The van der Waals surface area contributed by atoms with Gasteiger partial charge in [-0.3, -0.25) is 0 Å². The van der Waals surface area contributed by atoms with Gasteiger partial charge in [0.15, 0.2) is 0 Å². The van der Waals surface area contributed by atoms with Crippen LogP contribution in [-0.4, -0.2) is 21.6 Å². The van der Waals surface area contributed by atoms with E-state index in [1.165, 1.54) is 11.3 Å². The molecular formula is C20H22O3S2Si. The molecule has 3 nitrogen and oxygen atoms in total. The molecule has 0 aliphatic rings. The van der Waals surface area contributed by atoms with Crippen LogP contribution in [0.3, 0.4) is 0 Å². The summed E-state index contributed by atoms with van der Waals surface area (Å²) in [7, 11) is -5.38. The Labute approximate surface area is 159 Å². The predicted octanol–water partition coefficient (Wildman–Crippen LogP) is 4.21. The van der Waals surface area contributed by atoms with Gasteiger partial charge in [-0.2, -0.15) is 0 Å². The summed E-state index contributed by atoms with van der Waals surface area (Å²) >= 11 is 1.47. The molecule has 1 heterocycles. The van der Waals surface area contributed by atoms with E-state index in [-0.39, 0.29) is 9.79 Å². The van der Waals surface area contributed by atoms with Crippen LogP contribution in [0.1, 0.15) is 16.5 Å². The van der Waals surface area contributed by atoms with Crippen molar-refractivity contribution >= 4 is 34.4 Å². The van der Waals surface area contributed by atoms with Gasteiger partial charge in [0, 0.05) is 4.88 Å². The average Bonchev–Trinajstić information content (AvgIpc) is 3.15. The van der Waals surface area contributed by atoms with Gasteiger partial charge >= 0.3 is 0 Å². The van der Waals surface area contributed by atoms with E-state index in [0.29, 0.717) is 5.56 Å². The Balaban J connectivity index is 2.17. The molecule has 2 aromatic carbocycles. The molecule has 136 valence electrons. The lowest BCUT2D eigenvalue weighted by Crippen LogP contribution is -2.41. The molecule has 1 N–H and O–H groups in total. The molecule has 0 aliphatic heterocycles. The van der Waals surface area contributed by atoms with Crippen molar-refractivity contribution in [2.24, 2.45) is 0 Å². The number of thiophene rings is 1. The fraction of sp³-hybridized carbons (Fsp3) is 0.200. The Hall–Kier alpha value is -1.73. The van der Waals surface area contributed by atoms with E-state index in [1.807, 2.05) is 23.6 Å². The van der Waals surface area contributed by atoms with Crippen LogP contribution in [-0.2, 0) is 9.84 Å². The first-order valence-corrected chi connectivity index (χ1v) is 14.2. The highest BCUT2D eigenvalue weighted by Crippen LogP contribution is 2.29. The van der Waals surface area contributed by atoms with E-state index in [0.717, 1.165) is 10.1 Å². The molecule has 1 aromatic heterocycles. The number of rotatable bonds is 5. The van der Waals surface area contributed by atoms with Gasteiger partial charge in [0.2, 0.25) is 9.84 Å². The van der Waals surface area contributed by atoms with Crippen LogP contribution >= 0.6 is 11.3 Å². The normalized spacial score (nSPS) is 13.5. The molecule has 0 radical (unpaired) electrons. The Morgan fingerprint density at radius 3 is 2.19 bits per heavy atom. The van der Waals surface area contributed by atoms with Crippen LogP contribution in [0.25, 0.3) is 0 Å². The minimum Gasteiger partial charge on any atom is -0.383 e. The van der Waals surface area contributed by atoms with Crippen molar-refractivity contribution in [2.45, 2.75) is 35.5 Å². The van der Waals surface area contributed by atoms with Crippen molar-refractivity contribution in [3.8, 4) is 0 Å². The van der Waals surface area contributed by atoms with Crippen LogP contribution in [0.15, 0.2) is 75.8 Å². The smallest absolute Gasteiger partial charge is 0.206 e. The van der Waals surface area contributed by atoms with Crippen molar-refractivity contribution in [3.63, 3.8) is 0 Å². The molecule has 0 fully saturated rings. The highest BCUT2D eigenvalue weighted by atomic mass is 32.2. The summed E-state index contributed by atoms with van der Waals surface area (Å²) in [6.45, 7) is 6.58. The molecule has 3 aromatic rings. The number of hydrogen-bond donors (Lipinski definition) is 1. The summed E-state index contributed by atoms with van der Waals surface area (Å²) in [6, 6.07) is 17.4. The fourth-order valence-corrected chi connectivity index (χ4v) is 6.66. The van der Waals surface area contributed by atoms with Gasteiger partial charge in [-0.05, 0) is 41.3 Å². The molecule has 1 unspecified atom stereocenters. The second kappa shape index (κ2) is 7.11. The van der Waals surface area contributed by atoms with Gasteiger partial charge < -0.3 is 5.11 Å². The van der Waals surface area contributed by atoms with Gasteiger partial charge in [-0.1, -0.05) is 55.2 Å². The molecule has 0 spiro atoms. The summed E-state index contributed by atoms with van der Waals surface area (Å²) < 4.78 is 26.0. The lowest BCUT2D eigenvalue weighted by Gasteiger charge is -2.24. The number of aliphatic hydroxyl groups is 1. The van der Waals surface area contributed by atoms with Gasteiger partial charge in [0.1, 0.15) is 6.10 Å². The monoisotopic (exact) mass is 402 g/mol. The Bertz CT molecular complexity index is 989. The first-order chi connectivity index (χ1) is 12.2. The first-order valence-electron chi connectivity index (χ1n) is 8.37. The maximum atomic E-state index is 13.0. The molecule has 0 bridgehead atoms. The van der Waals surface area contributed by atoms with Gasteiger partial charge in [0.25, 0.3) is 0 Å². The van der Waals surface area contributed by atoms with Crippen LogP contribution < -0.4 is 5.19 Å². The van der Waals surface area contributed by atoms with Gasteiger partial charge in [-0.15, -0.1) is 11.3 Å². The van der Waals surface area contributed by atoms with Crippen molar-refractivity contribution in [1.29, 1.82) is 0 Å². The fourth-order valence-electron chi connectivity index (χ4n) is 2.95. The van der Waals surface area contributed by atoms with E-state index >= 15 is 0 Å². The average molecular weight is 403 g/mol. The van der Waals surface area contributed by atoms with Crippen LogP contribution in [0.2, 0.25) is 19.6 Å². The standard InChI is InChI=1S/C20H22O3S2Si/c1-26(2,3)19-12-11-16(25(22,23)15-8-5-4-6-9-15)14-17(19)20(21)18-10-7-13-24-18/h4-14,20-21H,1-3H3. The summed E-state index contributed by atoms with van der Waals surface area (Å²) in [6.07, 6.45) is -0.817. The lowest BCUT2D eigenvalue weighted by molar-refractivity contribution is 0.225. The third-order valence-electron chi connectivity index (χ3n) is 4.30. The summed E-state index contributed by atoms with van der Waals surface area (Å²) in [5.74, 6) is 0. The van der Waals surface area contributed by atoms with Crippen molar-refractivity contribution in [3.05, 3.63) is 76.5 Å². The summed E-state index contributed by atoms with van der Waals surface area (Å²) in [5.41, 5.74) is 0.698. The lowest BCUT2D eigenvalue weighted by atomic mass is 10.1. The van der Waals surface area contributed by atoms with E-state index in [1.54, 1.807) is 42.5 Å². The molecule has 6 heteroatoms. The Morgan fingerprint density at radius 2 is 1.62 bits per heavy atom. The molecule has 1 atom stereocenters. The van der Waals surface area contributed by atoms with Crippen LogP contribution in [0.5, 0.6) is 0 Å². The highest BCUT2D eigenvalue weighted by molar-refractivity contribution is 7.91. The molecule has 26 heavy (non-hydrogen) atoms. The minimum absolute atomic E-state index is 0.219. The molecule has 0 saturated heterocycles. The van der Waals surface area contributed by atoms with E-state index in [9.17, 15) is 13.5 Å². The molecule has 0 aliphatic carbocycles. The SMILES string of the molecule is C[Si](C)(C)c1ccc(S(=O)(=O)c2ccccc2)cc1C(O)c1cccs1. The maximum Gasteiger partial charge on any atom is 0.206 e. The number of benzene rings is 2. The number of aliphatic hydroxyl groups excluding tert-OH is 1. The zero-order valence-corrected chi connectivity index (χ0v) is 17.6. The van der Waals surface area contributed by atoms with E-state index in [2.05, 4.69) is 19.6 Å². The van der Waals surface area contributed by atoms with Crippen molar-refractivity contribution in [1.82, 2.24) is 0 Å². The van der Waals surface area contributed by atoms with Crippen molar-refractivity contribution in [2.75, 3.05) is 0 Å².